The van der Waals surface area contributed by atoms with Crippen LogP contribution in [0, 0.1) is 0 Å². The molecule has 4 rings (SSSR count). The summed E-state index contributed by atoms with van der Waals surface area (Å²) in [5, 5.41) is 12.2. The normalized spacial score (nSPS) is 23.0. The summed E-state index contributed by atoms with van der Waals surface area (Å²) in [4.78, 5) is 14.7. The zero-order valence-electron chi connectivity index (χ0n) is 13.7. The second-order valence-corrected chi connectivity index (χ2v) is 6.35. The van der Waals surface area contributed by atoms with Crippen molar-refractivity contribution in [2.45, 2.75) is 44.9 Å². The van der Waals surface area contributed by atoms with Gasteiger partial charge in [-0.1, -0.05) is 30.3 Å². The van der Waals surface area contributed by atoms with Crippen molar-refractivity contribution in [2.24, 2.45) is 0 Å². The molecule has 1 aromatic carbocycles. The van der Waals surface area contributed by atoms with Crippen molar-refractivity contribution in [3.63, 3.8) is 0 Å². The summed E-state index contributed by atoms with van der Waals surface area (Å²) in [7, 11) is 0. The second-order valence-electron chi connectivity index (χ2n) is 6.35. The standard InChI is InChI=1S/C17H21N5O.ClH/c1-12-17(23)21(10-13-6-3-2-4-7-13)11-15-19-20-16(22(12)15)14-8-5-9-18-14;/h2-4,6-7,12,14,18H,5,8-11H2,1H3;1H/t12-,14?;/m0./s1. The molecule has 0 bridgehead atoms. The first-order chi connectivity index (χ1) is 11.2. The fourth-order valence-corrected chi connectivity index (χ4v) is 3.57. The average Bonchev–Trinajstić information content (AvgIpc) is 3.22. The van der Waals surface area contributed by atoms with E-state index in [2.05, 4.69) is 15.5 Å². The van der Waals surface area contributed by atoms with E-state index in [9.17, 15) is 4.79 Å². The smallest absolute Gasteiger partial charge is 0.246 e. The van der Waals surface area contributed by atoms with Crippen molar-refractivity contribution >= 4 is 18.3 Å². The van der Waals surface area contributed by atoms with Crippen molar-refractivity contribution in [2.75, 3.05) is 6.54 Å². The maximum atomic E-state index is 12.8. The molecule has 1 fully saturated rings. The molecule has 1 unspecified atom stereocenters. The van der Waals surface area contributed by atoms with Crippen molar-refractivity contribution < 1.29 is 4.79 Å². The van der Waals surface area contributed by atoms with Gasteiger partial charge in [0, 0.05) is 6.54 Å². The molecule has 1 saturated heterocycles. The average molecular weight is 348 g/mol. The van der Waals surface area contributed by atoms with Crippen LogP contribution in [-0.2, 0) is 17.9 Å². The van der Waals surface area contributed by atoms with E-state index in [4.69, 9.17) is 0 Å². The molecular weight excluding hydrogens is 326 g/mol. The number of hydrogen-bond acceptors (Lipinski definition) is 4. The molecule has 7 heteroatoms. The third kappa shape index (κ3) is 2.91. The van der Waals surface area contributed by atoms with Crippen LogP contribution < -0.4 is 5.32 Å². The van der Waals surface area contributed by atoms with Crippen molar-refractivity contribution in [1.82, 2.24) is 25.0 Å². The second kappa shape index (κ2) is 6.91. The van der Waals surface area contributed by atoms with Gasteiger partial charge in [-0.3, -0.25) is 9.36 Å². The number of aromatic nitrogens is 3. The Bertz CT molecular complexity index is 711. The lowest BCUT2D eigenvalue weighted by atomic mass is 10.1. The van der Waals surface area contributed by atoms with Gasteiger partial charge in [0.15, 0.2) is 11.6 Å². The summed E-state index contributed by atoms with van der Waals surface area (Å²) in [6, 6.07) is 10.1. The van der Waals surface area contributed by atoms with Crippen LogP contribution in [0.25, 0.3) is 0 Å². The lowest BCUT2D eigenvalue weighted by Crippen LogP contribution is -2.42. The van der Waals surface area contributed by atoms with Crippen LogP contribution in [0.5, 0.6) is 0 Å². The first kappa shape index (κ1) is 16.9. The zero-order valence-corrected chi connectivity index (χ0v) is 14.5. The highest BCUT2D eigenvalue weighted by Crippen LogP contribution is 2.29. The van der Waals surface area contributed by atoms with Crippen LogP contribution >= 0.6 is 12.4 Å². The number of fused-ring (bicyclic) bond motifs is 1. The van der Waals surface area contributed by atoms with Crippen LogP contribution in [0.3, 0.4) is 0 Å². The van der Waals surface area contributed by atoms with E-state index in [1.807, 2.05) is 46.7 Å². The molecule has 2 aliphatic rings. The van der Waals surface area contributed by atoms with Crippen LogP contribution in [0.4, 0.5) is 0 Å². The van der Waals surface area contributed by atoms with Crippen molar-refractivity contribution in [1.29, 1.82) is 0 Å². The number of nitrogens with zero attached hydrogens (tertiary/aromatic N) is 4. The molecule has 0 saturated carbocycles. The summed E-state index contributed by atoms with van der Waals surface area (Å²) in [6.07, 6.45) is 2.21. The largest absolute Gasteiger partial charge is 0.329 e. The summed E-state index contributed by atoms with van der Waals surface area (Å²) >= 11 is 0. The number of carbonyl (C=O) groups excluding carboxylic acids is 1. The minimum Gasteiger partial charge on any atom is -0.329 e. The van der Waals surface area contributed by atoms with Gasteiger partial charge in [0.1, 0.15) is 6.04 Å². The van der Waals surface area contributed by atoms with Gasteiger partial charge in [-0.15, -0.1) is 22.6 Å². The molecule has 6 nitrogen and oxygen atoms in total. The van der Waals surface area contributed by atoms with Gasteiger partial charge in [-0.25, -0.2) is 0 Å². The zero-order chi connectivity index (χ0) is 15.8. The minimum absolute atomic E-state index is 0. The first-order valence-electron chi connectivity index (χ1n) is 8.24. The molecule has 0 aliphatic carbocycles. The highest BCUT2D eigenvalue weighted by atomic mass is 35.5. The van der Waals surface area contributed by atoms with E-state index in [0.29, 0.717) is 13.1 Å². The topological polar surface area (TPSA) is 63.1 Å². The molecule has 24 heavy (non-hydrogen) atoms. The lowest BCUT2D eigenvalue weighted by molar-refractivity contribution is -0.137. The number of hydrogen-bond donors (Lipinski definition) is 1. The molecule has 0 radical (unpaired) electrons. The van der Waals surface area contributed by atoms with Gasteiger partial charge < -0.3 is 10.2 Å². The van der Waals surface area contributed by atoms with Crippen molar-refractivity contribution in [3.8, 4) is 0 Å². The Labute approximate surface area is 147 Å². The molecule has 0 spiro atoms. The maximum Gasteiger partial charge on any atom is 0.246 e. The van der Waals surface area contributed by atoms with Gasteiger partial charge in [-0.05, 0) is 31.9 Å². The van der Waals surface area contributed by atoms with E-state index in [0.717, 1.165) is 36.6 Å². The van der Waals surface area contributed by atoms with Gasteiger partial charge in [0.25, 0.3) is 0 Å². The highest BCUT2D eigenvalue weighted by Gasteiger charge is 2.35. The van der Waals surface area contributed by atoms with E-state index in [-0.39, 0.29) is 30.4 Å². The molecule has 128 valence electrons. The highest BCUT2D eigenvalue weighted by molar-refractivity contribution is 5.85. The van der Waals surface area contributed by atoms with Crippen LogP contribution in [-0.4, -0.2) is 32.1 Å². The van der Waals surface area contributed by atoms with E-state index in [1.54, 1.807) is 0 Å². The third-order valence-electron chi connectivity index (χ3n) is 4.77. The predicted molar refractivity (Wildman–Crippen MR) is 92.7 cm³/mol. The van der Waals surface area contributed by atoms with Crippen molar-refractivity contribution in [3.05, 3.63) is 47.5 Å². The fraction of sp³-hybridized carbons (Fsp3) is 0.471. The maximum absolute atomic E-state index is 12.8. The molecule has 3 heterocycles. The molecule has 1 N–H and O–H groups in total. The van der Waals surface area contributed by atoms with Gasteiger partial charge in [0.05, 0.1) is 12.6 Å². The van der Waals surface area contributed by atoms with Crippen LogP contribution in [0.15, 0.2) is 30.3 Å². The molecule has 1 aromatic heterocycles. The van der Waals surface area contributed by atoms with Gasteiger partial charge in [0.2, 0.25) is 5.91 Å². The summed E-state index contributed by atoms with van der Waals surface area (Å²) in [6.45, 7) is 4.10. The molecule has 2 atom stereocenters. The molecule has 1 amide bonds. The predicted octanol–water partition coefficient (Wildman–Crippen LogP) is 2.23. The van der Waals surface area contributed by atoms with E-state index < -0.39 is 0 Å². The SMILES string of the molecule is C[C@H]1C(=O)N(Cc2ccccc2)Cc2nnc(C3CCCN3)n21.Cl. The number of nitrogens with one attached hydrogen (secondary N) is 1. The fourth-order valence-electron chi connectivity index (χ4n) is 3.57. The lowest BCUT2D eigenvalue weighted by Gasteiger charge is -2.32. The van der Waals surface area contributed by atoms with Crippen LogP contribution in [0.1, 0.15) is 49.1 Å². The Morgan fingerprint density at radius 2 is 2.04 bits per heavy atom. The molecule has 2 aliphatic heterocycles. The Morgan fingerprint density at radius 3 is 2.75 bits per heavy atom. The number of halogens is 1. The van der Waals surface area contributed by atoms with E-state index in [1.165, 1.54) is 0 Å². The molecule has 2 aromatic rings. The number of amides is 1. The van der Waals surface area contributed by atoms with E-state index >= 15 is 0 Å². The number of carbonyl (C=O) groups is 1. The summed E-state index contributed by atoms with van der Waals surface area (Å²) in [5.74, 6) is 1.94. The summed E-state index contributed by atoms with van der Waals surface area (Å²) < 4.78 is 2.03. The Hall–Kier alpha value is -1.92. The van der Waals surface area contributed by atoms with Gasteiger partial charge in [-0.2, -0.15) is 0 Å². The van der Waals surface area contributed by atoms with Crippen LogP contribution in [0.2, 0.25) is 0 Å². The summed E-state index contributed by atoms with van der Waals surface area (Å²) in [5.41, 5.74) is 1.14. The quantitative estimate of drug-likeness (QED) is 0.924. The van der Waals surface area contributed by atoms with Gasteiger partial charge >= 0.3 is 0 Å². The Kier molecular flexibility index (Phi) is 4.87. The Morgan fingerprint density at radius 1 is 1.25 bits per heavy atom. The number of benzene rings is 1. The minimum atomic E-state index is -0.241. The third-order valence-corrected chi connectivity index (χ3v) is 4.77. The molecular formula is C17H22ClN5O. The monoisotopic (exact) mass is 347 g/mol. The Balaban J connectivity index is 0.00000169. The number of rotatable bonds is 3. The first-order valence-corrected chi connectivity index (χ1v) is 8.24.